The van der Waals surface area contributed by atoms with Gasteiger partial charge < -0.3 is 44.0 Å². The molecule has 2 aromatic rings. The second-order valence-corrected chi connectivity index (χ2v) is 14.9. The van der Waals surface area contributed by atoms with Gasteiger partial charge in [-0.3, -0.25) is 9.59 Å². The molecule has 3 aliphatic carbocycles. The number of rotatable bonds is 22. The van der Waals surface area contributed by atoms with Crippen LogP contribution in [0.5, 0.6) is 17.2 Å². The highest BCUT2D eigenvalue weighted by molar-refractivity contribution is 6.03. The van der Waals surface area contributed by atoms with Crippen LogP contribution in [0.4, 0.5) is 0 Å². The molecule has 12 heteroatoms. The molecule has 0 bridgehead atoms. The van der Waals surface area contributed by atoms with Crippen molar-refractivity contribution in [3.8, 4) is 17.2 Å². The van der Waals surface area contributed by atoms with Crippen LogP contribution in [0.25, 0.3) is 0 Å². The number of carbonyl (C=O) groups excluding carboxylic acids is 2. The third kappa shape index (κ3) is 8.99. The van der Waals surface area contributed by atoms with Gasteiger partial charge in [0, 0.05) is 49.1 Å². The fourth-order valence-electron chi connectivity index (χ4n) is 8.92. The average Bonchev–Trinajstić information content (AvgIpc) is 4.05. The lowest BCUT2D eigenvalue weighted by atomic mass is 9.55. The van der Waals surface area contributed by atoms with Crippen LogP contribution in [0, 0.1) is 23.7 Å². The second-order valence-electron chi connectivity index (χ2n) is 14.9. The molecule has 2 fully saturated rings. The van der Waals surface area contributed by atoms with Gasteiger partial charge in [-0.25, -0.2) is 0 Å². The smallest absolute Gasteiger partial charge is 0.239 e. The molecule has 12 nitrogen and oxygen atoms in total. The zero-order valence-corrected chi connectivity index (χ0v) is 31.9. The number of aldehydes is 1. The Balaban J connectivity index is 1.55. The van der Waals surface area contributed by atoms with Crippen molar-refractivity contribution in [2.45, 2.75) is 75.5 Å². The van der Waals surface area contributed by atoms with Gasteiger partial charge in [0.05, 0.1) is 38.1 Å². The molecule has 6 rings (SSSR count). The first-order valence-electron chi connectivity index (χ1n) is 19.8. The Morgan fingerprint density at radius 2 is 1.80 bits per heavy atom. The molecule has 2 saturated carbocycles. The third-order valence-corrected chi connectivity index (χ3v) is 11.4. The molecule has 1 aliphatic heterocycles. The Morgan fingerprint density at radius 1 is 1.02 bits per heavy atom. The van der Waals surface area contributed by atoms with Gasteiger partial charge in [0.25, 0.3) is 0 Å². The summed E-state index contributed by atoms with van der Waals surface area (Å²) in [7, 11) is 1.53. The van der Waals surface area contributed by atoms with Gasteiger partial charge in [0.2, 0.25) is 11.7 Å². The summed E-state index contributed by atoms with van der Waals surface area (Å²) in [4.78, 5) is 33.3. The molecular formula is C43H56N2O10. The SMILES string of the molecule is C=CCOC12Oc3ccc(Oc4cccc(C=O)c4)cc3C3C(CCCCO)C(CCCCO)C=C(C(=NOC)CC1N(CCOCCO)C(=O)C1CC1)C32. The number of aliphatic hydroxyl groups excluding tert-OH is 3. The van der Waals surface area contributed by atoms with Gasteiger partial charge in [0.15, 0.2) is 0 Å². The van der Waals surface area contributed by atoms with Crippen molar-refractivity contribution in [1.82, 2.24) is 4.90 Å². The van der Waals surface area contributed by atoms with Gasteiger partial charge >= 0.3 is 0 Å². The normalized spacial score (nSPS) is 25.9. The van der Waals surface area contributed by atoms with Crippen LogP contribution in [0.3, 0.4) is 0 Å². The maximum absolute atomic E-state index is 14.3. The number of aliphatic hydroxyl groups is 3. The van der Waals surface area contributed by atoms with Gasteiger partial charge in [-0.2, -0.15) is 0 Å². The molecule has 3 N–H and O–H groups in total. The minimum absolute atomic E-state index is 0.00723. The fraction of sp³-hybridized carbons (Fsp3) is 0.558. The quantitative estimate of drug-likeness (QED) is 0.0580. The monoisotopic (exact) mass is 760 g/mol. The lowest BCUT2D eigenvalue weighted by Gasteiger charge is -2.60. The third-order valence-electron chi connectivity index (χ3n) is 11.4. The fourth-order valence-corrected chi connectivity index (χ4v) is 8.92. The summed E-state index contributed by atoms with van der Waals surface area (Å²) in [5.41, 5.74) is 3.11. The first-order chi connectivity index (χ1) is 26.9. The van der Waals surface area contributed by atoms with Gasteiger partial charge in [-0.1, -0.05) is 42.3 Å². The zero-order chi connectivity index (χ0) is 38.8. The van der Waals surface area contributed by atoms with E-state index in [2.05, 4.69) is 17.8 Å². The number of amides is 1. The largest absolute Gasteiger partial charge is 0.459 e. The van der Waals surface area contributed by atoms with Crippen LogP contribution in [0.15, 0.2) is 71.9 Å². The molecule has 6 atom stereocenters. The van der Waals surface area contributed by atoms with E-state index < -0.39 is 17.7 Å². The molecule has 298 valence electrons. The van der Waals surface area contributed by atoms with Crippen molar-refractivity contribution in [2.24, 2.45) is 28.8 Å². The van der Waals surface area contributed by atoms with Crippen LogP contribution in [-0.2, 0) is 19.1 Å². The van der Waals surface area contributed by atoms with E-state index in [0.29, 0.717) is 42.1 Å². The predicted octanol–water partition coefficient (Wildman–Crippen LogP) is 5.80. The number of ether oxygens (including phenoxy) is 4. The van der Waals surface area contributed by atoms with Crippen LogP contribution >= 0.6 is 0 Å². The highest BCUT2D eigenvalue weighted by Gasteiger charge is 2.65. The van der Waals surface area contributed by atoms with E-state index in [1.165, 1.54) is 7.11 Å². The number of fused-ring (bicyclic) bond motifs is 2. The minimum Gasteiger partial charge on any atom is -0.459 e. The maximum atomic E-state index is 14.3. The molecule has 4 aliphatic rings. The first-order valence-corrected chi connectivity index (χ1v) is 19.8. The molecule has 1 heterocycles. The van der Waals surface area contributed by atoms with Crippen LogP contribution in [0.2, 0.25) is 0 Å². The molecule has 1 amide bonds. The number of allylic oxidation sites excluding steroid dienone is 1. The van der Waals surface area contributed by atoms with E-state index in [4.69, 9.17) is 23.8 Å². The number of carbonyl (C=O) groups is 2. The summed E-state index contributed by atoms with van der Waals surface area (Å²) in [5, 5.41) is 33.7. The number of unbranched alkanes of at least 4 members (excludes halogenated alkanes) is 2. The van der Waals surface area contributed by atoms with Crippen molar-refractivity contribution >= 4 is 17.9 Å². The molecule has 0 spiro atoms. The van der Waals surface area contributed by atoms with Crippen LogP contribution in [0.1, 0.15) is 79.6 Å². The molecular weight excluding hydrogens is 704 g/mol. The van der Waals surface area contributed by atoms with Crippen molar-refractivity contribution in [3.05, 3.63) is 77.9 Å². The van der Waals surface area contributed by atoms with E-state index in [9.17, 15) is 24.9 Å². The minimum atomic E-state index is -1.36. The zero-order valence-electron chi connectivity index (χ0n) is 31.9. The average molecular weight is 761 g/mol. The summed E-state index contributed by atoms with van der Waals surface area (Å²) < 4.78 is 26.4. The molecule has 0 saturated heterocycles. The lowest BCUT2D eigenvalue weighted by Crippen LogP contribution is -2.70. The van der Waals surface area contributed by atoms with Crippen molar-refractivity contribution < 1.29 is 48.7 Å². The van der Waals surface area contributed by atoms with Gasteiger partial charge in [-0.15, -0.1) is 6.58 Å². The molecule has 55 heavy (non-hydrogen) atoms. The van der Waals surface area contributed by atoms with Crippen molar-refractivity contribution in [3.63, 3.8) is 0 Å². The van der Waals surface area contributed by atoms with Crippen molar-refractivity contribution in [2.75, 3.05) is 53.3 Å². The Labute approximate surface area is 323 Å². The molecule has 6 unspecified atom stereocenters. The number of hydrogen-bond donors (Lipinski definition) is 3. The Morgan fingerprint density at radius 3 is 2.51 bits per heavy atom. The Kier molecular flexibility index (Phi) is 14.2. The predicted molar refractivity (Wildman–Crippen MR) is 206 cm³/mol. The molecule has 0 radical (unpaired) electrons. The standard InChI is InChI=1S/C43H56N2O10/c1-3-21-53-43-39(45(17-22-52-23-20-48)42(50)30-13-14-30)27-37(44-51-2)35-25-31(10-4-6-18-46)34(12-5-7-19-47)40(41(35)43)36-26-33(15-16-38(36)55-43)54-32-11-8-9-29(24-32)28-49/h3,8-9,11,15-16,24-26,28,30-31,34,39-41,46-48H,1,4-7,10,12-14,17-23,27H2,2H3. The summed E-state index contributed by atoms with van der Waals surface area (Å²) in [6.45, 7) is 4.87. The number of benzene rings is 2. The lowest BCUT2D eigenvalue weighted by molar-refractivity contribution is -0.258. The number of nitrogens with zero attached hydrogens (tertiary/aromatic N) is 2. The second kappa shape index (κ2) is 19.2. The topological polar surface area (TPSA) is 157 Å². The maximum Gasteiger partial charge on any atom is 0.239 e. The van der Waals surface area contributed by atoms with Crippen LogP contribution in [-0.4, -0.2) is 103 Å². The summed E-state index contributed by atoms with van der Waals surface area (Å²) in [5.74, 6) is -0.228. The number of oxime groups is 1. The van der Waals surface area contributed by atoms with Crippen molar-refractivity contribution in [1.29, 1.82) is 0 Å². The summed E-state index contributed by atoms with van der Waals surface area (Å²) in [6.07, 6.45) is 11.3. The van der Waals surface area contributed by atoms with E-state index in [1.54, 1.807) is 24.3 Å². The van der Waals surface area contributed by atoms with E-state index in [-0.39, 0.29) is 75.8 Å². The van der Waals surface area contributed by atoms with E-state index in [1.807, 2.05) is 29.2 Å². The van der Waals surface area contributed by atoms with Crippen LogP contribution < -0.4 is 9.47 Å². The molecule has 2 aromatic carbocycles. The number of hydrogen-bond acceptors (Lipinski definition) is 11. The van der Waals surface area contributed by atoms with E-state index >= 15 is 0 Å². The van der Waals surface area contributed by atoms with Gasteiger partial charge in [0.1, 0.15) is 36.7 Å². The van der Waals surface area contributed by atoms with Gasteiger partial charge in [-0.05, 0) is 86.3 Å². The van der Waals surface area contributed by atoms with E-state index in [0.717, 1.165) is 61.7 Å². The summed E-state index contributed by atoms with van der Waals surface area (Å²) in [6, 6.07) is 12.1. The Hall–Kier alpha value is -4.07. The Bertz CT molecular complexity index is 1690. The summed E-state index contributed by atoms with van der Waals surface area (Å²) >= 11 is 0. The highest BCUT2D eigenvalue weighted by atomic mass is 16.7. The molecule has 0 aromatic heterocycles. The highest BCUT2D eigenvalue weighted by Crippen LogP contribution is 2.62. The first kappa shape index (κ1) is 40.6.